The molecule has 10 heteroatoms. The highest BCUT2D eigenvalue weighted by Gasteiger charge is 2.37. The third kappa shape index (κ3) is 5.61. The molecule has 1 fully saturated rings. The second-order valence-corrected chi connectivity index (χ2v) is 7.55. The van der Waals surface area contributed by atoms with Crippen LogP contribution in [-0.2, 0) is 9.59 Å². The van der Waals surface area contributed by atoms with Crippen LogP contribution in [0.1, 0.15) is 12.0 Å². The predicted molar refractivity (Wildman–Crippen MR) is 110 cm³/mol. The number of hydrogen-bond acceptors (Lipinski definition) is 4. The molecule has 3 rings (SSSR count). The second kappa shape index (κ2) is 9.05. The van der Waals surface area contributed by atoms with Crippen molar-refractivity contribution in [2.24, 2.45) is 5.92 Å². The number of nitrogens with one attached hydrogen (secondary N) is 1. The fourth-order valence-corrected chi connectivity index (χ4v) is 3.42. The number of halogens is 4. The Hall–Kier alpha value is -2.94. The Morgan fingerprint density at radius 1 is 1.23 bits per heavy atom. The van der Waals surface area contributed by atoms with Crippen LogP contribution >= 0.6 is 11.6 Å². The summed E-state index contributed by atoms with van der Waals surface area (Å²) < 4.78 is 47.6. The first-order valence-electron chi connectivity index (χ1n) is 9.32. The molecule has 1 heterocycles. The van der Waals surface area contributed by atoms with E-state index in [1.807, 2.05) is 13.0 Å². The molecule has 1 atom stereocenters. The molecular formula is C21H20ClF3N2O4. The molecule has 1 saturated heterocycles. The van der Waals surface area contributed by atoms with Crippen molar-refractivity contribution >= 4 is 34.8 Å². The molecule has 0 saturated carbocycles. The highest BCUT2D eigenvalue weighted by atomic mass is 35.5. The quantitative estimate of drug-likeness (QED) is 0.690. The fraction of sp³-hybridized carbons (Fsp3) is 0.333. The van der Waals surface area contributed by atoms with E-state index in [0.717, 1.165) is 5.56 Å². The summed E-state index contributed by atoms with van der Waals surface area (Å²) in [5, 5.41) is 2.75. The van der Waals surface area contributed by atoms with Gasteiger partial charge in [-0.05, 0) is 42.8 Å². The number of methoxy groups -OCH3 is 1. The average molecular weight is 457 g/mol. The first-order chi connectivity index (χ1) is 14.6. The molecule has 1 aliphatic rings. The summed E-state index contributed by atoms with van der Waals surface area (Å²) >= 11 is 5.92. The van der Waals surface area contributed by atoms with Crippen molar-refractivity contribution in [1.82, 2.24) is 0 Å². The van der Waals surface area contributed by atoms with Gasteiger partial charge in [0, 0.05) is 18.0 Å². The van der Waals surface area contributed by atoms with Crippen molar-refractivity contribution in [2.75, 3.05) is 30.5 Å². The van der Waals surface area contributed by atoms with Crippen molar-refractivity contribution < 1.29 is 32.2 Å². The van der Waals surface area contributed by atoms with E-state index in [0.29, 0.717) is 11.4 Å². The molecule has 166 valence electrons. The van der Waals surface area contributed by atoms with Crippen LogP contribution in [0.3, 0.4) is 0 Å². The number of carbonyl (C=O) groups excluding carboxylic acids is 2. The Morgan fingerprint density at radius 2 is 1.94 bits per heavy atom. The van der Waals surface area contributed by atoms with Gasteiger partial charge < -0.3 is 19.7 Å². The van der Waals surface area contributed by atoms with Crippen LogP contribution in [0.5, 0.6) is 11.5 Å². The van der Waals surface area contributed by atoms with E-state index in [2.05, 4.69) is 5.32 Å². The first kappa shape index (κ1) is 22.7. The van der Waals surface area contributed by atoms with Crippen molar-refractivity contribution in [1.29, 1.82) is 0 Å². The zero-order chi connectivity index (χ0) is 22.8. The molecular weight excluding hydrogens is 437 g/mol. The molecule has 1 N–H and O–H groups in total. The topological polar surface area (TPSA) is 67.9 Å². The van der Waals surface area contributed by atoms with Gasteiger partial charge in [0.15, 0.2) is 6.61 Å². The van der Waals surface area contributed by atoms with Gasteiger partial charge in [0.1, 0.15) is 11.5 Å². The number of carbonyl (C=O) groups is 2. The van der Waals surface area contributed by atoms with Crippen LogP contribution in [0, 0.1) is 12.8 Å². The molecule has 0 spiro atoms. The Kier molecular flexibility index (Phi) is 6.64. The summed E-state index contributed by atoms with van der Waals surface area (Å²) in [5.41, 5.74) is 1.47. The number of nitrogens with zero attached hydrogens (tertiary/aromatic N) is 1. The zero-order valence-electron chi connectivity index (χ0n) is 16.8. The van der Waals surface area contributed by atoms with Gasteiger partial charge >= 0.3 is 6.18 Å². The third-order valence-corrected chi connectivity index (χ3v) is 4.95. The smallest absolute Gasteiger partial charge is 0.422 e. The van der Waals surface area contributed by atoms with Crippen LogP contribution < -0.4 is 19.7 Å². The lowest BCUT2D eigenvalue weighted by Crippen LogP contribution is -2.28. The SMILES string of the molecule is COc1ccc(C)cc1N1CC(C(=O)Nc2cc(Cl)ccc2OCC(F)(F)F)CC1=O. The van der Waals surface area contributed by atoms with Crippen LogP contribution in [0.25, 0.3) is 0 Å². The van der Waals surface area contributed by atoms with Gasteiger partial charge in [-0.25, -0.2) is 0 Å². The summed E-state index contributed by atoms with van der Waals surface area (Å²) in [4.78, 5) is 26.8. The molecule has 0 aromatic heterocycles. The van der Waals surface area contributed by atoms with Crippen LogP contribution in [0.2, 0.25) is 5.02 Å². The predicted octanol–water partition coefficient (Wildman–Crippen LogP) is 4.59. The molecule has 2 amide bonds. The van der Waals surface area contributed by atoms with E-state index in [-0.39, 0.29) is 35.3 Å². The lowest BCUT2D eigenvalue weighted by Gasteiger charge is -2.20. The molecule has 0 bridgehead atoms. The van der Waals surface area contributed by atoms with E-state index in [9.17, 15) is 22.8 Å². The van der Waals surface area contributed by atoms with E-state index in [1.54, 1.807) is 12.1 Å². The summed E-state index contributed by atoms with van der Waals surface area (Å²) in [7, 11) is 1.49. The third-order valence-electron chi connectivity index (χ3n) is 4.71. The lowest BCUT2D eigenvalue weighted by atomic mass is 10.1. The van der Waals surface area contributed by atoms with Crippen molar-refractivity contribution in [3.63, 3.8) is 0 Å². The number of amides is 2. The molecule has 2 aromatic rings. The van der Waals surface area contributed by atoms with Crippen molar-refractivity contribution in [2.45, 2.75) is 19.5 Å². The molecule has 1 unspecified atom stereocenters. The van der Waals surface area contributed by atoms with E-state index < -0.39 is 24.6 Å². The molecule has 2 aromatic carbocycles. The minimum absolute atomic E-state index is 0.000727. The van der Waals surface area contributed by atoms with E-state index >= 15 is 0 Å². The number of ether oxygens (including phenoxy) is 2. The highest BCUT2D eigenvalue weighted by Crippen LogP contribution is 2.35. The van der Waals surface area contributed by atoms with Gasteiger partial charge in [-0.2, -0.15) is 13.2 Å². The standard InChI is InChI=1S/C21H20ClF3N2O4/c1-12-3-5-18(30-2)16(7-12)27-10-13(8-19(27)28)20(29)26-15-9-14(22)4-6-17(15)31-11-21(23,24)25/h3-7,9,13H,8,10-11H2,1-2H3,(H,26,29). The normalized spacial score (nSPS) is 16.4. The van der Waals surface area contributed by atoms with Crippen molar-refractivity contribution in [3.05, 3.63) is 47.0 Å². The Morgan fingerprint density at radius 3 is 2.61 bits per heavy atom. The van der Waals surface area contributed by atoms with Crippen LogP contribution in [0.4, 0.5) is 24.5 Å². The summed E-state index contributed by atoms with van der Waals surface area (Å²) in [6.07, 6.45) is -4.59. The van der Waals surface area contributed by atoms with Gasteiger partial charge in [0.2, 0.25) is 11.8 Å². The van der Waals surface area contributed by atoms with Gasteiger partial charge in [0.05, 0.1) is 24.4 Å². The summed E-state index contributed by atoms with van der Waals surface area (Å²) in [6, 6.07) is 9.26. The van der Waals surface area contributed by atoms with Gasteiger partial charge in [-0.1, -0.05) is 17.7 Å². The molecule has 6 nitrogen and oxygen atoms in total. The highest BCUT2D eigenvalue weighted by molar-refractivity contribution is 6.31. The Bertz CT molecular complexity index is 997. The Balaban J connectivity index is 1.76. The van der Waals surface area contributed by atoms with Crippen LogP contribution in [0.15, 0.2) is 36.4 Å². The van der Waals surface area contributed by atoms with Crippen molar-refractivity contribution in [3.8, 4) is 11.5 Å². The largest absolute Gasteiger partial charge is 0.495 e. The minimum Gasteiger partial charge on any atom is -0.495 e. The maximum Gasteiger partial charge on any atom is 0.422 e. The number of alkyl halides is 3. The van der Waals surface area contributed by atoms with Gasteiger partial charge in [0.25, 0.3) is 0 Å². The number of benzene rings is 2. The van der Waals surface area contributed by atoms with Gasteiger partial charge in [-0.3, -0.25) is 9.59 Å². The maximum absolute atomic E-state index is 12.8. The number of anilines is 2. The molecule has 31 heavy (non-hydrogen) atoms. The monoisotopic (exact) mass is 456 g/mol. The number of rotatable bonds is 6. The number of aryl methyl sites for hydroxylation is 1. The minimum atomic E-state index is -4.54. The second-order valence-electron chi connectivity index (χ2n) is 7.11. The van der Waals surface area contributed by atoms with Gasteiger partial charge in [-0.15, -0.1) is 0 Å². The summed E-state index contributed by atoms with van der Waals surface area (Å²) in [5.74, 6) is -1.17. The number of hydrogen-bond donors (Lipinski definition) is 1. The lowest BCUT2D eigenvalue weighted by molar-refractivity contribution is -0.153. The fourth-order valence-electron chi connectivity index (χ4n) is 3.25. The maximum atomic E-state index is 12.8. The van der Waals surface area contributed by atoms with Crippen LogP contribution in [-0.4, -0.2) is 38.3 Å². The Labute approximate surface area is 181 Å². The first-order valence-corrected chi connectivity index (χ1v) is 9.70. The zero-order valence-corrected chi connectivity index (χ0v) is 17.5. The average Bonchev–Trinajstić information content (AvgIpc) is 3.08. The molecule has 0 radical (unpaired) electrons. The molecule has 1 aliphatic heterocycles. The van der Waals surface area contributed by atoms with E-state index in [4.69, 9.17) is 21.1 Å². The van der Waals surface area contributed by atoms with E-state index in [1.165, 1.54) is 30.2 Å². The summed E-state index contributed by atoms with van der Waals surface area (Å²) in [6.45, 7) is 0.458. The molecule has 0 aliphatic carbocycles.